The van der Waals surface area contributed by atoms with Gasteiger partial charge in [0.2, 0.25) is 15.9 Å². The van der Waals surface area contributed by atoms with E-state index < -0.39 is 15.9 Å². The van der Waals surface area contributed by atoms with E-state index in [1.54, 1.807) is 48.5 Å². The van der Waals surface area contributed by atoms with Crippen LogP contribution in [0.15, 0.2) is 78.9 Å². The fourth-order valence-electron chi connectivity index (χ4n) is 3.44. The van der Waals surface area contributed by atoms with Gasteiger partial charge in [0, 0.05) is 23.5 Å². The molecule has 184 valence electrons. The topological polar surface area (TPSA) is 95.6 Å². The number of nitrogens with one attached hydrogen (secondary N) is 2. The van der Waals surface area contributed by atoms with E-state index in [0.717, 1.165) is 21.7 Å². The van der Waals surface area contributed by atoms with Gasteiger partial charge in [-0.05, 0) is 46.9 Å². The lowest BCUT2D eigenvalue weighted by atomic mass is 9.87. The molecule has 2 N–H and O–H groups in total. The van der Waals surface area contributed by atoms with Gasteiger partial charge in [-0.1, -0.05) is 69.3 Å². The maximum absolute atomic E-state index is 12.7. The summed E-state index contributed by atoms with van der Waals surface area (Å²) in [6, 6.07) is 23.2. The van der Waals surface area contributed by atoms with E-state index in [-0.39, 0.29) is 24.4 Å². The maximum atomic E-state index is 12.7. The van der Waals surface area contributed by atoms with Crippen molar-refractivity contribution in [2.75, 3.05) is 23.4 Å². The molecule has 0 radical (unpaired) electrons. The third-order valence-corrected chi connectivity index (χ3v) is 6.60. The van der Waals surface area contributed by atoms with Crippen LogP contribution in [0.3, 0.4) is 0 Å². The van der Waals surface area contributed by atoms with Crippen LogP contribution in [0.25, 0.3) is 0 Å². The lowest BCUT2D eigenvalue weighted by molar-refractivity contribution is -0.116. The van der Waals surface area contributed by atoms with Crippen molar-refractivity contribution >= 4 is 33.2 Å². The molecule has 0 saturated carbocycles. The highest BCUT2D eigenvalue weighted by atomic mass is 32.2. The van der Waals surface area contributed by atoms with Gasteiger partial charge in [0.1, 0.15) is 0 Å². The van der Waals surface area contributed by atoms with Crippen LogP contribution in [-0.4, -0.2) is 37.3 Å². The van der Waals surface area contributed by atoms with E-state index in [4.69, 9.17) is 0 Å². The highest BCUT2D eigenvalue weighted by Crippen LogP contribution is 2.23. The molecule has 0 aliphatic heterocycles. The van der Waals surface area contributed by atoms with Gasteiger partial charge in [0.05, 0.1) is 12.8 Å². The monoisotopic (exact) mass is 493 g/mol. The molecule has 0 aliphatic carbocycles. The van der Waals surface area contributed by atoms with Crippen molar-refractivity contribution in [3.63, 3.8) is 0 Å². The third kappa shape index (κ3) is 7.77. The van der Waals surface area contributed by atoms with Crippen molar-refractivity contribution in [3.8, 4) is 0 Å². The standard InChI is InChI=1S/C27H31N3O4S/c1-27(2,3)22-15-13-21(14-16-22)26(32)29-24-12-8-11-23(17-24)28-25(31)19-30(35(4,33)34)18-20-9-6-5-7-10-20/h5-17H,18-19H2,1-4H3,(H,28,31)(H,29,32). The van der Waals surface area contributed by atoms with Crippen LogP contribution in [0.4, 0.5) is 11.4 Å². The Hall–Kier alpha value is -3.49. The zero-order valence-corrected chi connectivity index (χ0v) is 21.2. The van der Waals surface area contributed by atoms with Crippen LogP contribution < -0.4 is 10.6 Å². The second-order valence-corrected chi connectivity index (χ2v) is 11.4. The van der Waals surface area contributed by atoms with Crippen LogP contribution in [0, 0.1) is 0 Å². The number of rotatable bonds is 8. The van der Waals surface area contributed by atoms with Gasteiger partial charge >= 0.3 is 0 Å². The molecule has 0 saturated heterocycles. The minimum Gasteiger partial charge on any atom is -0.325 e. The molecule has 0 aromatic heterocycles. The summed E-state index contributed by atoms with van der Waals surface area (Å²) in [7, 11) is -3.60. The maximum Gasteiger partial charge on any atom is 0.255 e. The lowest BCUT2D eigenvalue weighted by Gasteiger charge is -2.20. The molecule has 0 spiro atoms. The molecule has 0 bridgehead atoms. The van der Waals surface area contributed by atoms with Gasteiger partial charge in [0.25, 0.3) is 5.91 Å². The van der Waals surface area contributed by atoms with Crippen molar-refractivity contribution in [2.24, 2.45) is 0 Å². The smallest absolute Gasteiger partial charge is 0.255 e. The van der Waals surface area contributed by atoms with E-state index in [0.29, 0.717) is 16.9 Å². The molecule has 3 rings (SSSR count). The second kappa shape index (κ2) is 10.8. The third-order valence-electron chi connectivity index (χ3n) is 5.41. The summed E-state index contributed by atoms with van der Waals surface area (Å²) in [4.78, 5) is 25.3. The van der Waals surface area contributed by atoms with E-state index >= 15 is 0 Å². The zero-order valence-electron chi connectivity index (χ0n) is 20.4. The van der Waals surface area contributed by atoms with Crippen molar-refractivity contribution < 1.29 is 18.0 Å². The Morgan fingerprint density at radius 1 is 0.829 bits per heavy atom. The summed E-state index contributed by atoms with van der Waals surface area (Å²) in [6.45, 7) is 6.09. The molecule has 3 aromatic rings. The van der Waals surface area contributed by atoms with Crippen molar-refractivity contribution in [1.82, 2.24) is 4.31 Å². The van der Waals surface area contributed by atoms with Crippen molar-refractivity contribution in [1.29, 1.82) is 0 Å². The van der Waals surface area contributed by atoms with Crippen LogP contribution in [-0.2, 0) is 26.8 Å². The predicted molar refractivity (Wildman–Crippen MR) is 140 cm³/mol. The Kier molecular flexibility index (Phi) is 8.09. The molecule has 7 nitrogen and oxygen atoms in total. The molecule has 0 fully saturated rings. The number of nitrogens with zero attached hydrogens (tertiary/aromatic N) is 1. The molecule has 0 atom stereocenters. The van der Waals surface area contributed by atoms with Gasteiger partial charge < -0.3 is 10.6 Å². The van der Waals surface area contributed by atoms with E-state index in [1.165, 1.54) is 0 Å². The fourth-order valence-corrected chi connectivity index (χ4v) is 4.17. The zero-order chi connectivity index (χ0) is 25.6. The minimum absolute atomic E-state index is 0.00464. The van der Waals surface area contributed by atoms with Crippen molar-refractivity contribution in [2.45, 2.75) is 32.7 Å². The molecule has 0 heterocycles. The Balaban J connectivity index is 1.64. The van der Waals surface area contributed by atoms with Gasteiger partial charge in [-0.15, -0.1) is 0 Å². The van der Waals surface area contributed by atoms with E-state index in [2.05, 4.69) is 31.4 Å². The van der Waals surface area contributed by atoms with E-state index in [1.807, 2.05) is 30.3 Å². The Morgan fingerprint density at radius 2 is 1.43 bits per heavy atom. The number of sulfonamides is 1. The second-order valence-electron chi connectivity index (χ2n) is 9.43. The summed E-state index contributed by atoms with van der Waals surface area (Å²) >= 11 is 0. The first kappa shape index (κ1) is 26.1. The number of carbonyl (C=O) groups is 2. The molecule has 8 heteroatoms. The molecule has 0 unspecified atom stereocenters. The first-order chi connectivity index (χ1) is 16.4. The first-order valence-electron chi connectivity index (χ1n) is 11.2. The van der Waals surface area contributed by atoms with Crippen LogP contribution in [0.2, 0.25) is 0 Å². The average molecular weight is 494 g/mol. The summed E-state index contributed by atoms with van der Waals surface area (Å²) in [5.74, 6) is -0.743. The SMILES string of the molecule is CC(C)(C)c1ccc(C(=O)Nc2cccc(NC(=O)CN(Cc3ccccc3)S(C)(=O)=O)c2)cc1. The van der Waals surface area contributed by atoms with Gasteiger partial charge in [-0.2, -0.15) is 4.31 Å². The number of benzene rings is 3. The highest BCUT2D eigenvalue weighted by Gasteiger charge is 2.21. The molecule has 3 aromatic carbocycles. The molecular formula is C27H31N3O4S. The summed E-state index contributed by atoms with van der Waals surface area (Å²) < 4.78 is 25.5. The quantitative estimate of drug-likeness (QED) is 0.478. The lowest BCUT2D eigenvalue weighted by Crippen LogP contribution is -2.36. The molecular weight excluding hydrogens is 462 g/mol. The van der Waals surface area contributed by atoms with Crippen molar-refractivity contribution in [3.05, 3.63) is 95.6 Å². The Morgan fingerprint density at radius 3 is 2.00 bits per heavy atom. The molecule has 0 aliphatic rings. The normalized spacial score (nSPS) is 11.8. The number of carbonyl (C=O) groups excluding carboxylic acids is 2. The van der Waals surface area contributed by atoms with Crippen LogP contribution >= 0.6 is 0 Å². The summed E-state index contributed by atoms with van der Waals surface area (Å²) in [5.41, 5.74) is 3.40. The Bertz CT molecular complexity index is 1280. The van der Waals surface area contributed by atoms with Gasteiger partial charge in [-0.3, -0.25) is 9.59 Å². The predicted octanol–water partition coefficient (Wildman–Crippen LogP) is 4.64. The number of hydrogen-bond donors (Lipinski definition) is 2. The fraction of sp³-hybridized carbons (Fsp3) is 0.259. The van der Waals surface area contributed by atoms with E-state index in [9.17, 15) is 18.0 Å². The Labute approximate surface area is 207 Å². The van der Waals surface area contributed by atoms with Crippen LogP contribution in [0.1, 0.15) is 42.3 Å². The average Bonchev–Trinajstić information content (AvgIpc) is 2.78. The highest BCUT2D eigenvalue weighted by molar-refractivity contribution is 7.88. The number of hydrogen-bond acceptors (Lipinski definition) is 4. The molecule has 35 heavy (non-hydrogen) atoms. The number of anilines is 2. The van der Waals surface area contributed by atoms with Gasteiger partial charge in [-0.25, -0.2) is 8.42 Å². The van der Waals surface area contributed by atoms with Crippen LogP contribution in [0.5, 0.6) is 0 Å². The van der Waals surface area contributed by atoms with Gasteiger partial charge in [0.15, 0.2) is 0 Å². The molecule has 2 amide bonds. The number of amides is 2. The first-order valence-corrected chi connectivity index (χ1v) is 13.1. The summed E-state index contributed by atoms with van der Waals surface area (Å²) in [6.07, 6.45) is 1.08. The largest absolute Gasteiger partial charge is 0.325 e. The summed E-state index contributed by atoms with van der Waals surface area (Å²) in [5, 5.41) is 5.54. The minimum atomic E-state index is -3.60.